The van der Waals surface area contributed by atoms with Gasteiger partial charge in [-0.2, -0.15) is 10.5 Å². The Balaban J connectivity index is 2.66. The van der Waals surface area contributed by atoms with Crippen LogP contribution in [0, 0.1) is 29.6 Å². The highest BCUT2D eigenvalue weighted by atomic mass is 32.1. The summed E-state index contributed by atoms with van der Waals surface area (Å²) in [6.45, 7) is 5.26. The van der Waals surface area contributed by atoms with Crippen molar-refractivity contribution >= 4 is 34.6 Å². The fraction of sp³-hybridized carbons (Fsp3) is 0.273. The van der Waals surface area contributed by atoms with Gasteiger partial charge in [0.2, 0.25) is 0 Å². The van der Waals surface area contributed by atoms with Crippen molar-refractivity contribution in [3.8, 4) is 22.6 Å². The van der Waals surface area contributed by atoms with Crippen molar-refractivity contribution in [3.63, 3.8) is 0 Å². The Kier molecular flexibility index (Phi) is 6.28. The van der Waals surface area contributed by atoms with E-state index in [2.05, 4.69) is 0 Å². The predicted octanol–water partition coefficient (Wildman–Crippen LogP) is 3.85. The van der Waals surface area contributed by atoms with E-state index in [1.165, 1.54) is 15.7 Å². The number of nitrogens with zero attached hydrogens (tertiary/aromatic N) is 3. The van der Waals surface area contributed by atoms with Gasteiger partial charge in [-0.3, -0.25) is 4.40 Å². The first kappa shape index (κ1) is 21.9. The standard InChI is InChI=1S/C22H20N4O4S/c1-4-29-21(27)16-12(3)26-19(13(8-9-23)14(11-24)20(26)25)18(22(28)30-5-2)17(16)15-7-6-10-31-15/h6-7,10H,4-5,8,25H2,1-3H3. The summed E-state index contributed by atoms with van der Waals surface area (Å²) in [5.41, 5.74) is 7.96. The molecule has 3 heterocycles. The van der Waals surface area contributed by atoms with Crippen molar-refractivity contribution < 1.29 is 19.1 Å². The molecule has 0 saturated heterocycles. The minimum Gasteiger partial charge on any atom is -0.462 e. The third-order valence-corrected chi connectivity index (χ3v) is 5.72. The molecular weight excluding hydrogens is 416 g/mol. The number of esters is 2. The van der Waals surface area contributed by atoms with E-state index in [1.54, 1.807) is 32.9 Å². The lowest BCUT2D eigenvalue weighted by atomic mass is 9.95. The molecule has 0 amide bonds. The van der Waals surface area contributed by atoms with Gasteiger partial charge < -0.3 is 15.2 Å². The highest BCUT2D eigenvalue weighted by molar-refractivity contribution is 7.13. The van der Waals surface area contributed by atoms with Crippen molar-refractivity contribution in [1.82, 2.24) is 4.40 Å². The van der Waals surface area contributed by atoms with Crippen LogP contribution in [-0.2, 0) is 15.9 Å². The number of hydrogen-bond acceptors (Lipinski definition) is 8. The minimum absolute atomic E-state index is 0.0501. The molecule has 0 aromatic carbocycles. The molecule has 0 radical (unpaired) electrons. The molecular formula is C22H20N4O4S. The number of carbonyl (C=O) groups is 2. The number of ether oxygens (including phenoxy) is 2. The van der Waals surface area contributed by atoms with E-state index in [1.807, 2.05) is 17.5 Å². The van der Waals surface area contributed by atoms with Crippen LogP contribution >= 0.6 is 11.3 Å². The Morgan fingerprint density at radius 3 is 2.32 bits per heavy atom. The van der Waals surface area contributed by atoms with Gasteiger partial charge in [0.25, 0.3) is 0 Å². The number of anilines is 1. The Hall–Kier alpha value is -3.82. The van der Waals surface area contributed by atoms with Gasteiger partial charge in [0.1, 0.15) is 11.9 Å². The molecule has 9 heteroatoms. The van der Waals surface area contributed by atoms with Gasteiger partial charge in [0.15, 0.2) is 0 Å². The van der Waals surface area contributed by atoms with Gasteiger partial charge in [-0.15, -0.1) is 11.3 Å². The molecule has 0 aliphatic carbocycles. The van der Waals surface area contributed by atoms with Gasteiger partial charge in [-0.1, -0.05) is 6.07 Å². The van der Waals surface area contributed by atoms with Crippen LogP contribution in [0.5, 0.6) is 0 Å². The van der Waals surface area contributed by atoms with Gasteiger partial charge in [-0.25, -0.2) is 9.59 Å². The largest absolute Gasteiger partial charge is 0.462 e. The number of aromatic nitrogens is 1. The molecule has 0 aliphatic rings. The van der Waals surface area contributed by atoms with E-state index >= 15 is 0 Å². The molecule has 3 aromatic rings. The molecule has 0 atom stereocenters. The maximum absolute atomic E-state index is 13.2. The summed E-state index contributed by atoms with van der Waals surface area (Å²) < 4.78 is 12.1. The Morgan fingerprint density at radius 2 is 1.81 bits per heavy atom. The van der Waals surface area contributed by atoms with Crippen LogP contribution in [0.4, 0.5) is 5.82 Å². The molecule has 31 heavy (non-hydrogen) atoms. The number of nitrogen functional groups attached to an aromatic ring is 1. The number of hydrogen-bond donors (Lipinski definition) is 1. The first-order valence-corrected chi connectivity index (χ1v) is 10.4. The second-order valence-electron chi connectivity index (χ2n) is 6.50. The highest BCUT2D eigenvalue weighted by Crippen LogP contribution is 2.41. The molecule has 3 rings (SSSR count). The maximum atomic E-state index is 13.2. The van der Waals surface area contributed by atoms with Crippen molar-refractivity contribution in [3.05, 3.63) is 45.5 Å². The zero-order valence-electron chi connectivity index (χ0n) is 17.3. The maximum Gasteiger partial charge on any atom is 0.340 e. The van der Waals surface area contributed by atoms with E-state index in [-0.39, 0.29) is 42.1 Å². The quantitative estimate of drug-likeness (QED) is 0.581. The van der Waals surface area contributed by atoms with Crippen LogP contribution in [0.1, 0.15) is 51.4 Å². The van der Waals surface area contributed by atoms with E-state index in [9.17, 15) is 20.1 Å². The topological polar surface area (TPSA) is 131 Å². The van der Waals surface area contributed by atoms with Gasteiger partial charge in [-0.05, 0) is 32.2 Å². The lowest BCUT2D eigenvalue weighted by Crippen LogP contribution is -2.18. The summed E-state index contributed by atoms with van der Waals surface area (Å²) in [5, 5.41) is 20.9. The van der Waals surface area contributed by atoms with E-state index < -0.39 is 11.9 Å². The van der Waals surface area contributed by atoms with Gasteiger partial charge in [0.05, 0.1) is 47.9 Å². The van der Waals surface area contributed by atoms with Crippen LogP contribution in [-0.4, -0.2) is 29.6 Å². The Bertz CT molecular complexity index is 1260. The van der Waals surface area contributed by atoms with Crippen molar-refractivity contribution in [2.45, 2.75) is 27.2 Å². The number of nitrogens with two attached hydrogens (primary N) is 1. The molecule has 0 fully saturated rings. The van der Waals surface area contributed by atoms with Crippen LogP contribution in [0.3, 0.4) is 0 Å². The summed E-state index contributed by atoms with van der Waals surface area (Å²) in [6.07, 6.45) is -0.141. The Labute approximate surface area is 183 Å². The molecule has 8 nitrogen and oxygen atoms in total. The third kappa shape index (κ3) is 3.49. The molecule has 0 saturated carbocycles. The zero-order chi connectivity index (χ0) is 22.7. The number of aryl methyl sites for hydroxylation is 1. The summed E-state index contributed by atoms with van der Waals surface area (Å²) in [4.78, 5) is 26.9. The monoisotopic (exact) mass is 436 g/mol. The van der Waals surface area contributed by atoms with E-state index in [4.69, 9.17) is 15.2 Å². The van der Waals surface area contributed by atoms with Crippen LogP contribution in [0.2, 0.25) is 0 Å². The van der Waals surface area contributed by atoms with E-state index in [0.717, 1.165) is 0 Å². The average molecular weight is 436 g/mol. The lowest BCUT2D eigenvalue weighted by Gasteiger charge is -2.19. The minimum atomic E-state index is -0.678. The molecule has 158 valence electrons. The molecule has 3 aromatic heterocycles. The first-order valence-electron chi connectivity index (χ1n) is 9.57. The molecule has 0 aliphatic heterocycles. The summed E-state index contributed by atoms with van der Waals surface area (Å²) >= 11 is 1.34. The van der Waals surface area contributed by atoms with Gasteiger partial charge in [0, 0.05) is 21.7 Å². The van der Waals surface area contributed by atoms with E-state index in [0.29, 0.717) is 27.2 Å². The summed E-state index contributed by atoms with van der Waals surface area (Å²) in [7, 11) is 0. The smallest absolute Gasteiger partial charge is 0.340 e. The molecule has 0 spiro atoms. The second kappa shape index (κ2) is 8.90. The lowest BCUT2D eigenvalue weighted by molar-refractivity contribution is 0.0526. The predicted molar refractivity (Wildman–Crippen MR) is 116 cm³/mol. The second-order valence-corrected chi connectivity index (χ2v) is 7.45. The fourth-order valence-electron chi connectivity index (χ4n) is 3.69. The zero-order valence-corrected chi connectivity index (χ0v) is 18.1. The average Bonchev–Trinajstić information content (AvgIpc) is 3.35. The Morgan fingerprint density at radius 1 is 1.16 bits per heavy atom. The fourth-order valence-corrected chi connectivity index (χ4v) is 4.47. The third-order valence-electron chi connectivity index (χ3n) is 4.84. The highest BCUT2D eigenvalue weighted by Gasteiger charge is 2.33. The number of carbonyl (C=O) groups excluding carboxylic acids is 2. The van der Waals surface area contributed by atoms with Gasteiger partial charge >= 0.3 is 11.9 Å². The SMILES string of the molecule is CCOC(=O)c1c(-c2cccs2)c(C(=O)OCC)c2c(CC#N)c(C#N)c(N)n2c1C. The van der Waals surface area contributed by atoms with Crippen LogP contribution in [0.25, 0.3) is 16.0 Å². The number of thiophene rings is 1. The summed E-state index contributed by atoms with van der Waals surface area (Å²) in [6, 6.07) is 7.64. The number of nitriles is 2. The van der Waals surface area contributed by atoms with Crippen LogP contribution in [0.15, 0.2) is 17.5 Å². The van der Waals surface area contributed by atoms with Crippen molar-refractivity contribution in [2.75, 3.05) is 18.9 Å². The summed E-state index contributed by atoms with van der Waals surface area (Å²) in [5.74, 6) is -1.25. The van der Waals surface area contributed by atoms with Crippen molar-refractivity contribution in [1.29, 1.82) is 10.5 Å². The van der Waals surface area contributed by atoms with Crippen molar-refractivity contribution in [2.24, 2.45) is 0 Å². The first-order chi connectivity index (χ1) is 14.9. The number of rotatable bonds is 6. The molecule has 2 N–H and O–H groups in total. The van der Waals surface area contributed by atoms with Crippen LogP contribution < -0.4 is 5.73 Å². The number of pyridine rings is 1. The molecule has 0 unspecified atom stereocenters. The molecule has 0 bridgehead atoms. The number of fused-ring (bicyclic) bond motifs is 1. The normalized spacial score (nSPS) is 10.5.